The Balaban J connectivity index is 1.84. The molecule has 0 saturated carbocycles. The van der Waals surface area contributed by atoms with Gasteiger partial charge in [0.05, 0.1) is 18.5 Å². The maximum atomic E-state index is 12.1. The van der Waals surface area contributed by atoms with Gasteiger partial charge in [-0.1, -0.05) is 28.1 Å². The standard InChI is InChI=1S/C16H21BrN2O3/c1-11(12-4-6-14(17)7-5-12)18-15(20)10-19-8-2-3-13(9-19)16(21)22/h4-7,11,13H,2-3,8-10H2,1H3,(H,18,20)(H,21,22)/t11-,13-/m0/s1. The van der Waals surface area contributed by atoms with Crippen molar-refractivity contribution in [2.24, 2.45) is 5.92 Å². The topological polar surface area (TPSA) is 69.6 Å². The summed E-state index contributed by atoms with van der Waals surface area (Å²) >= 11 is 3.39. The van der Waals surface area contributed by atoms with E-state index in [9.17, 15) is 9.59 Å². The van der Waals surface area contributed by atoms with Crippen LogP contribution in [0.25, 0.3) is 0 Å². The molecular formula is C16H21BrN2O3. The fourth-order valence-electron chi connectivity index (χ4n) is 2.73. The molecule has 0 unspecified atom stereocenters. The second-order valence-corrected chi connectivity index (χ2v) is 6.67. The van der Waals surface area contributed by atoms with Crippen LogP contribution >= 0.6 is 15.9 Å². The number of likely N-dealkylation sites (tertiary alicyclic amines) is 1. The number of nitrogens with one attached hydrogen (secondary N) is 1. The van der Waals surface area contributed by atoms with Crippen LogP contribution in [0.2, 0.25) is 0 Å². The third kappa shape index (κ3) is 4.81. The number of aliphatic carboxylic acids is 1. The average molecular weight is 369 g/mol. The molecule has 1 aliphatic heterocycles. The number of carbonyl (C=O) groups excluding carboxylic acids is 1. The molecule has 0 radical (unpaired) electrons. The van der Waals surface area contributed by atoms with Crippen LogP contribution in [0.5, 0.6) is 0 Å². The van der Waals surface area contributed by atoms with Crippen LogP contribution in [0.15, 0.2) is 28.7 Å². The lowest BCUT2D eigenvalue weighted by Gasteiger charge is -2.30. The van der Waals surface area contributed by atoms with Gasteiger partial charge in [-0.25, -0.2) is 0 Å². The third-order valence-corrected chi connectivity index (χ3v) is 4.50. The zero-order chi connectivity index (χ0) is 16.1. The van der Waals surface area contributed by atoms with E-state index in [2.05, 4.69) is 21.2 Å². The fourth-order valence-corrected chi connectivity index (χ4v) is 2.99. The fraction of sp³-hybridized carbons (Fsp3) is 0.500. The van der Waals surface area contributed by atoms with Crippen LogP contribution in [0.4, 0.5) is 0 Å². The molecule has 2 atom stereocenters. The molecule has 1 saturated heterocycles. The van der Waals surface area contributed by atoms with Gasteiger partial charge in [0.2, 0.25) is 5.91 Å². The van der Waals surface area contributed by atoms with Crippen molar-refractivity contribution in [1.82, 2.24) is 10.2 Å². The van der Waals surface area contributed by atoms with E-state index in [0.29, 0.717) is 13.0 Å². The number of carbonyl (C=O) groups is 2. The number of amides is 1. The minimum Gasteiger partial charge on any atom is -0.481 e. The van der Waals surface area contributed by atoms with Crippen LogP contribution in [-0.4, -0.2) is 41.5 Å². The Bertz CT molecular complexity index is 533. The molecule has 0 aliphatic carbocycles. The van der Waals surface area contributed by atoms with Gasteiger partial charge in [-0.2, -0.15) is 0 Å². The molecule has 5 nitrogen and oxygen atoms in total. The maximum Gasteiger partial charge on any atom is 0.307 e. The van der Waals surface area contributed by atoms with Crippen molar-refractivity contribution < 1.29 is 14.7 Å². The zero-order valence-corrected chi connectivity index (χ0v) is 14.2. The molecule has 2 rings (SSSR count). The highest BCUT2D eigenvalue weighted by molar-refractivity contribution is 9.10. The SMILES string of the molecule is C[C@H](NC(=O)CN1CCC[C@H](C(=O)O)C1)c1ccc(Br)cc1. The first-order valence-corrected chi connectivity index (χ1v) is 8.25. The minimum atomic E-state index is -0.770. The Morgan fingerprint density at radius 3 is 2.73 bits per heavy atom. The number of hydrogen-bond donors (Lipinski definition) is 2. The van der Waals surface area contributed by atoms with Crippen molar-refractivity contribution in [3.05, 3.63) is 34.3 Å². The van der Waals surface area contributed by atoms with E-state index in [4.69, 9.17) is 5.11 Å². The zero-order valence-electron chi connectivity index (χ0n) is 12.6. The molecule has 6 heteroatoms. The summed E-state index contributed by atoms with van der Waals surface area (Å²) < 4.78 is 1.00. The number of carboxylic acid groups (broad SMARTS) is 1. The summed E-state index contributed by atoms with van der Waals surface area (Å²) in [4.78, 5) is 25.1. The van der Waals surface area contributed by atoms with Crippen molar-refractivity contribution >= 4 is 27.8 Å². The van der Waals surface area contributed by atoms with Gasteiger partial charge in [-0.15, -0.1) is 0 Å². The lowest BCUT2D eigenvalue weighted by Crippen LogP contribution is -2.44. The predicted octanol–water partition coefficient (Wildman–Crippen LogP) is 2.42. The average Bonchev–Trinajstić information content (AvgIpc) is 2.47. The first-order valence-electron chi connectivity index (χ1n) is 7.45. The van der Waals surface area contributed by atoms with Gasteiger partial charge in [-0.05, 0) is 44.0 Å². The van der Waals surface area contributed by atoms with E-state index in [-0.39, 0.29) is 24.4 Å². The van der Waals surface area contributed by atoms with Gasteiger partial charge in [0.15, 0.2) is 0 Å². The Hall–Kier alpha value is -1.40. The Labute approximate surface area is 138 Å². The molecular weight excluding hydrogens is 348 g/mol. The molecule has 120 valence electrons. The summed E-state index contributed by atoms with van der Waals surface area (Å²) in [5, 5.41) is 12.0. The van der Waals surface area contributed by atoms with Crippen molar-refractivity contribution in [3.8, 4) is 0 Å². The molecule has 0 bridgehead atoms. The number of benzene rings is 1. The van der Waals surface area contributed by atoms with E-state index in [0.717, 1.165) is 23.0 Å². The molecule has 22 heavy (non-hydrogen) atoms. The number of piperidine rings is 1. The van der Waals surface area contributed by atoms with Gasteiger partial charge >= 0.3 is 5.97 Å². The monoisotopic (exact) mass is 368 g/mol. The summed E-state index contributed by atoms with van der Waals surface area (Å²) in [7, 11) is 0. The Morgan fingerprint density at radius 1 is 1.41 bits per heavy atom. The Kier molecular flexibility index (Phi) is 5.97. The third-order valence-electron chi connectivity index (χ3n) is 3.97. The Morgan fingerprint density at radius 2 is 2.09 bits per heavy atom. The van der Waals surface area contributed by atoms with Crippen molar-refractivity contribution in [1.29, 1.82) is 0 Å². The molecule has 1 heterocycles. The molecule has 2 N–H and O–H groups in total. The summed E-state index contributed by atoms with van der Waals surface area (Å²) in [5.41, 5.74) is 1.04. The lowest BCUT2D eigenvalue weighted by molar-refractivity contribution is -0.144. The number of carboxylic acids is 1. The van der Waals surface area contributed by atoms with E-state index in [1.54, 1.807) is 0 Å². The van der Waals surface area contributed by atoms with Gasteiger partial charge in [0.25, 0.3) is 0 Å². The quantitative estimate of drug-likeness (QED) is 0.837. The molecule has 1 aromatic rings. The minimum absolute atomic E-state index is 0.0681. The normalized spacial score (nSPS) is 20.4. The molecule has 1 aliphatic rings. The highest BCUT2D eigenvalue weighted by Gasteiger charge is 2.26. The van der Waals surface area contributed by atoms with Crippen molar-refractivity contribution in [2.75, 3.05) is 19.6 Å². The van der Waals surface area contributed by atoms with E-state index >= 15 is 0 Å². The van der Waals surface area contributed by atoms with Gasteiger partial charge < -0.3 is 10.4 Å². The molecule has 0 spiro atoms. The lowest BCUT2D eigenvalue weighted by atomic mass is 9.98. The van der Waals surface area contributed by atoms with Crippen LogP contribution in [0, 0.1) is 5.92 Å². The van der Waals surface area contributed by atoms with Crippen molar-refractivity contribution in [2.45, 2.75) is 25.8 Å². The predicted molar refractivity (Wildman–Crippen MR) is 87.5 cm³/mol. The van der Waals surface area contributed by atoms with E-state index in [1.807, 2.05) is 36.1 Å². The van der Waals surface area contributed by atoms with Crippen LogP contribution < -0.4 is 5.32 Å². The first kappa shape index (κ1) is 17.0. The van der Waals surface area contributed by atoms with Crippen LogP contribution in [0.1, 0.15) is 31.4 Å². The van der Waals surface area contributed by atoms with Gasteiger partial charge in [-0.3, -0.25) is 14.5 Å². The van der Waals surface area contributed by atoms with E-state index < -0.39 is 5.97 Å². The summed E-state index contributed by atoms with van der Waals surface area (Å²) in [6.45, 7) is 3.43. The number of rotatable bonds is 5. The summed E-state index contributed by atoms with van der Waals surface area (Å²) in [6.07, 6.45) is 1.52. The molecule has 1 amide bonds. The van der Waals surface area contributed by atoms with Crippen molar-refractivity contribution in [3.63, 3.8) is 0 Å². The molecule has 0 aromatic heterocycles. The largest absolute Gasteiger partial charge is 0.481 e. The molecule has 1 fully saturated rings. The van der Waals surface area contributed by atoms with Crippen LogP contribution in [-0.2, 0) is 9.59 Å². The highest BCUT2D eigenvalue weighted by Crippen LogP contribution is 2.18. The number of halogens is 1. The van der Waals surface area contributed by atoms with Crippen LogP contribution in [0.3, 0.4) is 0 Å². The number of nitrogens with zero attached hydrogens (tertiary/aromatic N) is 1. The summed E-state index contributed by atoms with van der Waals surface area (Å²) in [5.74, 6) is -1.19. The van der Waals surface area contributed by atoms with Gasteiger partial charge in [0.1, 0.15) is 0 Å². The second-order valence-electron chi connectivity index (χ2n) is 5.75. The second kappa shape index (κ2) is 7.74. The molecule has 1 aromatic carbocycles. The highest BCUT2D eigenvalue weighted by atomic mass is 79.9. The maximum absolute atomic E-state index is 12.1. The first-order chi connectivity index (χ1) is 10.5. The van der Waals surface area contributed by atoms with E-state index in [1.165, 1.54) is 0 Å². The summed E-state index contributed by atoms with van der Waals surface area (Å²) in [6, 6.07) is 7.76. The number of hydrogen-bond acceptors (Lipinski definition) is 3. The smallest absolute Gasteiger partial charge is 0.307 e. The van der Waals surface area contributed by atoms with Gasteiger partial charge in [0, 0.05) is 11.0 Å².